The number of aryl methyl sites for hydroxylation is 1. The predicted octanol–water partition coefficient (Wildman–Crippen LogP) is 1.07. The Morgan fingerprint density at radius 3 is 2.67 bits per heavy atom. The zero-order chi connectivity index (χ0) is 13.1. The van der Waals surface area contributed by atoms with Gasteiger partial charge in [-0.2, -0.15) is 0 Å². The van der Waals surface area contributed by atoms with Crippen LogP contribution in [0.1, 0.15) is 37.3 Å². The lowest BCUT2D eigenvalue weighted by Crippen LogP contribution is -2.43. The molecule has 0 spiro atoms. The third kappa shape index (κ3) is 2.72. The monoisotopic (exact) mass is 251 g/mol. The van der Waals surface area contributed by atoms with Gasteiger partial charge in [-0.15, -0.1) is 10.2 Å². The molecular weight excluding hydrogens is 226 g/mol. The van der Waals surface area contributed by atoms with Crippen LogP contribution in [-0.4, -0.2) is 39.3 Å². The van der Waals surface area contributed by atoms with E-state index in [9.17, 15) is 0 Å². The molecule has 2 rings (SSSR count). The largest absolute Gasteiger partial charge is 0.330 e. The summed E-state index contributed by atoms with van der Waals surface area (Å²) in [4.78, 5) is 2.40. The van der Waals surface area contributed by atoms with Crippen LogP contribution in [0.3, 0.4) is 0 Å². The Labute approximate surface area is 109 Å². The van der Waals surface area contributed by atoms with Gasteiger partial charge in [-0.05, 0) is 39.3 Å². The second-order valence-corrected chi connectivity index (χ2v) is 5.49. The number of aromatic nitrogens is 3. The van der Waals surface area contributed by atoms with E-state index in [4.69, 9.17) is 5.73 Å². The van der Waals surface area contributed by atoms with Crippen molar-refractivity contribution >= 4 is 0 Å². The van der Waals surface area contributed by atoms with Crippen molar-refractivity contribution in [3.63, 3.8) is 0 Å². The molecule has 1 aromatic heterocycles. The Kier molecular flexibility index (Phi) is 4.35. The second kappa shape index (κ2) is 5.80. The summed E-state index contributed by atoms with van der Waals surface area (Å²) in [5.74, 6) is 2.65. The van der Waals surface area contributed by atoms with Crippen molar-refractivity contribution < 1.29 is 0 Å². The van der Waals surface area contributed by atoms with Gasteiger partial charge in [-0.3, -0.25) is 4.90 Å². The highest BCUT2D eigenvalue weighted by molar-refractivity contribution is 4.94. The average molecular weight is 251 g/mol. The van der Waals surface area contributed by atoms with Gasteiger partial charge in [0.2, 0.25) is 0 Å². The van der Waals surface area contributed by atoms with Crippen LogP contribution < -0.4 is 5.73 Å². The van der Waals surface area contributed by atoms with E-state index < -0.39 is 0 Å². The minimum absolute atomic E-state index is 0.598. The van der Waals surface area contributed by atoms with E-state index in [0.717, 1.165) is 24.7 Å². The SMILES string of the molecule is Cc1nnc(CN(C)C2CCCCC2CN)n1C. The Hall–Kier alpha value is -0.940. The van der Waals surface area contributed by atoms with Gasteiger partial charge in [0.25, 0.3) is 0 Å². The molecule has 1 heterocycles. The summed E-state index contributed by atoms with van der Waals surface area (Å²) in [6, 6.07) is 0.598. The Morgan fingerprint density at radius 2 is 2.06 bits per heavy atom. The Balaban J connectivity index is 2.02. The number of nitrogens with two attached hydrogens (primary N) is 1. The molecular formula is C13H25N5. The van der Waals surface area contributed by atoms with Crippen LogP contribution in [0.4, 0.5) is 0 Å². The number of hydrogen-bond acceptors (Lipinski definition) is 4. The highest BCUT2D eigenvalue weighted by Gasteiger charge is 2.27. The van der Waals surface area contributed by atoms with Gasteiger partial charge < -0.3 is 10.3 Å². The maximum Gasteiger partial charge on any atom is 0.146 e. The molecule has 0 aliphatic heterocycles. The molecule has 1 aromatic rings. The molecule has 5 nitrogen and oxygen atoms in total. The van der Waals surface area contributed by atoms with Crippen LogP contribution in [0.2, 0.25) is 0 Å². The molecule has 2 unspecified atom stereocenters. The molecule has 102 valence electrons. The lowest BCUT2D eigenvalue weighted by Gasteiger charge is -2.37. The number of hydrogen-bond donors (Lipinski definition) is 1. The van der Waals surface area contributed by atoms with Gasteiger partial charge in [0, 0.05) is 13.1 Å². The van der Waals surface area contributed by atoms with E-state index in [0.29, 0.717) is 12.0 Å². The maximum atomic E-state index is 5.90. The van der Waals surface area contributed by atoms with Crippen molar-refractivity contribution in [2.24, 2.45) is 18.7 Å². The van der Waals surface area contributed by atoms with E-state index >= 15 is 0 Å². The van der Waals surface area contributed by atoms with Gasteiger partial charge in [-0.25, -0.2) is 0 Å². The molecule has 0 aromatic carbocycles. The summed E-state index contributed by atoms with van der Waals surface area (Å²) in [5, 5.41) is 8.36. The van der Waals surface area contributed by atoms with Crippen molar-refractivity contribution in [2.45, 2.75) is 45.2 Å². The standard InChI is InChI=1S/C13H25N5/c1-10-15-16-13(18(10)3)9-17(2)12-7-5-4-6-11(12)8-14/h11-12H,4-9,14H2,1-3H3. The fourth-order valence-electron chi connectivity index (χ4n) is 2.97. The van der Waals surface area contributed by atoms with Gasteiger partial charge in [0.15, 0.2) is 0 Å². The van der Waals surface area contributed by atoms with E-state index in [1.54, 1.807) is 0 Å². The van der Waals surface area contributed by atoms with Gasteiger partial charge in [0.1, 0.15) is 11.6 Å². The van der Waals surface area contributed by atoms with Crippen LogP contribution in [0.15, 0.2) is 0 Å². The van der Waals surface area contributed by atoms with E-state index in [1.807, 2.05) is 14.0 Å². The molecule has 0 bridgehead atoms. The van der Waals surface area contributed by atoms with Gasteiger partial charge >= 0.3 is 0 Å². The number of nitrogens with zero attached hydrogens (tertiary/aromatic N) is 4. The summed E-state index contributed by atoms with van der Waals surface area (Å²) in [7, 11) is 4.21. The van der Waals surface area contributed by atoms with E-state index in [2.05, 4.69) is 26.7 Å². The van der Waals surface area contributed by atoms with Crippen molar-refractivity contribution in [3.8, 4) is 0 Å². The topological polar surface area (TPSA) is 60.0 Å². The zero-order valence-corrected chi connectivity index (χ0v) is 11.8. The van der Waals surface area contributed by atoms with Crippen LogP contribution in [0.25, 0.3) is 0 Å². The van der Waals surface area contributed by atoms with Crippen molar-refractivity contribution in [1.82, 2.24) is 19.7 Å². The first-order chi connectivity index (χ1) is 8.63. The summed E-state index contributed by atoms with van der Waals surface area (Å²) in [5.41, 5.74) is 5.90. The fourth-order valence-corrected chi connectivity index (χ4v) is 2.97. The van der Waals surface area contributed by atoms with Gasteiger partial charge in [0.05, 0.1) is 6.54 Å². The molecule has 0 radical (unpaired) electrons. The average Bonchev–Trinajstić information content (AvgIpc) is 2.70. The summed E-state index contributed by atoms with van der Waals surface area (Å²) >= 11 is 0. The van der Waals surface area contributed by atoms with Crippen LogP contribution in [-0.2, 0) is 13.6 Å². The quantitative estimate of drug-likeness (QED) is 0.869. The molecule has 0 saturated heterocycles. The first-order valence-corrected chi connectivity index (χ1v) is 6.88. The Morgan fingerprint density at radius 1 is 1.33 bits per heavy atom. The molecule has 2 atom stereocenters. The molecule has 1 saturated carbocycles. The maximum absolute atomic E-state index is 5.90. The van der Waals surface area contributed by atoms with Crippen LogP contribution >= 0.6 is 0 Å². The minimum atomic E-state index is 0.598. The predicted molar refractivity (Wildman–Crippen MR) is 72.0 cm³/mol. The van der Waals surface area contributed by atoms with Gasteiger partial charge in [-0.1, -0.05) is 12.8 Å². The summed E-state index contributed by atoms with van der Waals surface area (Å²) in [6.07, 6.45) is 5.18. The zero-order valence-electron chi connectivity index (χ0n) is 11.8. The third-order valence-electron chi connectivity index (χ3n) is 4.31. The van der Waals surface area contributed by atoms with Crippen LogP contribution in [0, 0.1) is 12.8 Å². The highest BCUT2D eigenvalue weighted by Crippen LogP contribution is 2.27. The molecule has 1 aliphatic carbocycles. The molecule has 0 amide bonds. The first kappa shape index (κ1) is 13.5. The smallest absolute Gasteiger partial charge is 0.146 e. The molecule has 2 N–H and O–H groups in total. The molecule has 18 heavy (non-hydrogen) atoms. The van der Waals surface area contributed by atoms with Crippen molar-refractivity contribution in [1.29, 1.82) is 0 Å². The lowest BCUT2D eigenvalue weighted by molar-refractivity contribution is 0.124. The summed E-state index contributed by atoms with van der Waals surface area (Å²) < 4.78 is 2.07. The first-order valence-electron chi connectivity index (χ1n) is 6.88. The van der Waals surface area contributed by atoms with E-state index in [-0.39, 0.29) is 0 Å². The summed E-state index contributed by atoms with van der Waals surface area (Å²) in [6.45, 7) is 3.64. The number of rotatable bonds is 4. The highest BCUT2D eigenvalue weighted by atomic mass is 15.3. The molecule has 1 aliphatic rings. The normalized spacial score (nSPS) is 24.7. The third-order valence-corrected chi connectivity index (χ3v) is 4.31. The fraction of sp³-hybridized carbons (Fsp3) is 0.846. The minimum Gasteiger partial charge on any atom is -0.330 e. The van der Waals surface area contributed by atoms with Crippen molar-refractivity contribution in [3.05, 3.63) is 11.6 Å². The van der Waals surface area contributed by atoms with E-state index in [1.165, 1.54) is 25.7 Å². The van der Waals surface area contributed by atoms with Crippen LogP contribution in [0.5, 0.6) is 0 Å². The second-order valence-electron chi connectivity index (χ2n) is 5.49. The Bertz CT molecular complexity index is 387. The van der Waals surface area contributed by atoms with Crippen molar-refractivity contribution in [2.75, 3.05) is 13.6 Å². The molecule has 5 heteroatoms. The lowest BCUT2D eigenvalue weighted by atomic mass is 9.84. The molecule has 1 fully saturated rings.